The van der Waals surface area contributed by atoms with Gasteiger partial charge in [0.2, 0.25) is 0 Å². The average Bonchev–Trinajstić information content (AvgIpc) is 2.58. The van der Waals surface area contributed by atoms with Crippen LogP contribution in [0.4, 0.5) is 0 Å². The Morgan fingerprint density at radius 1 is 0.792 bits per heavy atom. The van der Waals surface area contributed by atoms with E-state index >= 15 is 0 Å². The molecule has 3 nitrogen and oxygen atoms in total. The summed E-state index contributed by atoms with van der Waals surface area (Å²) in [5.41, 5.74) is 3.19. The highest BCUT2D eigenvalue weighted by Gasteiger charge is 2.42. The van der Waals surface area contributed by atoms with Gasteiger partial charge in [-0.15, -0.1) is 0 Å². The third kappa shape index (κ3) is 3.30. The lowest BCUT2D eigenvalue weighted by molar-refractivity contribution is -0.747. The molecule has 2 aromatic carbocycles. The van der Waals surface area contributed by atoms with Crippen molar-refractivity contribution in [2.45, 2.75) is 25.9 Å². The zero-order chi connectivity index (χ0) is 17.3. The van der Waals surface area contributed by atoms with E-state index in [1.165, 1.54) is 11.1 Å². The number of benzene rings is 2. The first-order valence-electron chi connectivity index (χ1n) is 8.09. The summed E-state index contributed by atoms with van der Waals surface area (Å²) in [6.07, 6.45) is 0. The maximum absolute atomic E-state index is 9.58. The highest BCUT2D eigenvalue weighted by molar-refractivity contribution is 6.30. The maximum atomic E-state index is 9.58. The lowest BCUT2D eigenvalue weighted by Crippen LogP contribution is -2.91. The minimum Gasteiger partial charge on any atom is -0.411 e. The van der Waals surface area contributed by atoms with Crippen molar-refractivity contribution in [2.75, 3.05) is 0 Å². The van der Waals surface area contributed by atoms with Crippen LogP contribution in [0.3, 0.4) is 0 Å². The molecule has 3 N–H and O–H groups in total. The molecule has 24 heavy (non-hydrogen) atoms. The van der Waals surface area contributed by atoms with Crippen molar-refractivity contribution in [1.29, 1.82) is 0 Å². The molecule has 0 amide bonds. The number of rotatable bonds is 2. The van der Waals surface area contributed by atoms with Crippen molar-refractivity contribution >= 4 is 28.9 Å². The molecule has 3 rings (SSSR count). The van der Waals surface area contributed by atoms with Gasteiger partial charge in [-0.2, -0.15) is 0 Å². The minimum absolute atomic E-state index is 0.134. The fraction of sp³-hybridized carbons (Fsp3) is 0.316. The molecule has 0 bridgehead atoms. The number of hydrogen-bond acceptors (Lipinski definition) is 2. The van der Waals surface area contributed by atoms with Gasteiger partial charge in [-0.05, 0) is 24.3 Å². The van der Waals surface area contributed by atoms with Crippen LogP contribution in [0.5, 0.6) is 0 Å². The van der Waals surface area contributed by atoms with Gasteiger partial charge in [0.25, 0.3) is 0 Å². The summed E-state index contributed by atoms with van der Waals surface area (Å²) in [7, 11) is 0. The Kier molecular flexibility index (Phi) is 5.14. The molecule has 1 saturated heterocycles. The van der Waals surface area contributed by atoms with E-state index in [0.717, 1.165) is 15.8 Å². The molecule has 0 saturated carbocycles. The lowest BCUT2D eigenvalue weighted by Gasteiger charge is -2.37. The third-order valence-corrected chi connectivity index (χ3v) is 5.55. The molecule has 0 spiro atoms. The summed E-state index contributed by atoms with van der Waals surface area (Å²) in [5, 5.41) is 17.0. The van der Waals surface area contributed by atoms with E-state index in [1.54, 1.807) is 0 Å². The smallest absolute Gasteiger partial charge is 0.120 e. The second-order valence-corrected chi connectivity index (χ2v) is 7.32. The van der Waals surface area contributed by atoms with Crippen LogP contribution in [-0.2, 0) is 0 Å². The molecule has 0 aromatic heterocycles. The first-order chi connectivity index (χ1) is 11.5. The Balaban J connectivity index is 1.98. The molecule has 2 aromatic rings. The highest BCUT2D eigenvalue weighted by atomic mass is 35.5. The third-order valence-electron chi connectivity index (χ3n) is 5.05. The number of oxime groups is 1. The van der Waals surface area contributed by atoms with Crippen LogP contribution in [0.1, 0.15) is 37.1 Å². The molecular formula is C19H21Cl2N2O+. The molecule has 126 valence electrons. The van der Waals surface area contributed by atoms with Crippen LogP contribution in [0.25, 0.3) is 0 Å². The van der Waals surface area contributed by atoms with Crippen LogP contribution < -0.4 is 5.32 Å². The molecule has 1 aliphatic heterocycles. The molecule has 0 unspecified atom stereocenters. The largest absolute Gasteiger partial charge is 0.411 e. The number of nitrogens with two attached hydrogens (primary N) is 1. The van der Waals surface area contributed by atoms with Gasteiger partial charge >= 0.3 is 0 Å². The molecule has 1 aliphatic rings. The zero-order valence-electron chi connectivity index (χ0n) is 13.7. The molecular weight excluding hydrogens is 343 g/mol. The topological polar surface area (TPSA) is 49.2 Å². The van der Waals surface area contributed by atoms with Crippen LogP contribution >= 0.6 is 23.2 Å². The van der Waals surface area contributed by atoms with Crippen LogP contribution in [0.15, 0.2) is 53.7 Å². The fourth-order valence-electron chi connectivity index (χ4n) is 3.69. The van der Waals surface area contributed by atoms with E-state index < -0.39 is 0 Å². The second-order valence-electron chi connectivity index (χ2n) is 6.45. The minimum atomic E-state index is 0.134. The summed E-state index contributed by atoms with van der Waals surface area (Å²) < 4.78 is 0. The van der Waals surface area contributed by atoms with E-state index in [1.807, 2.05) is 48.5 Å². The van der Waals surface area contributed by atoms with Crippen molar-refractivity contribution in [3.05, 3.63) is 69.7 Å². The standard InChI is InChI=1S/C19H20Cl2N2O/c1-11-17(23-24)12(2)19(14-5-9-16(21)10-6-14)22-18(11)13-3-7-15(20)8-4-13/h3-12,18-19,22,24H,1-2H3/p+1/t11-,12-,18-,19+/m1/s1. The molecule has 5 heteroatoms. The van der Waals surface area contributed by atoms with Gasteiger partial charge in [0.05, 0.1) is 17.5 Å². The van der Waals surface area contributed by atoms with E-state index in [9.17, 15) is 5.21 Å². The molecule has 4 atom stereocenters. The predicted octanol–water partition coefficient (Wildman–Crippen LogP) is 4.46. The quantitative estimate of drug-likeness (QED) is 0.600. The van der Waals surface area contributed by atoms with Crippen molar-refractivity contribution in [1.82, 2.24) is 0 Å². The van der Waals surface area contributed by atoms with E-state index in [4.69, 9.17) is 23.2 Å². The van der Waals surface area contributed by atoms with Crippen molar-refractivity contribution in [3.8, 4) is 0 Å². The van der Waals surface area contributed by atoms with Gasteiger partial charge in [-0.3, -0.25) is 0 Å². The monoisotopic (exact) mass is 363 g/mol. The Morgan fingerprint density at radius 3 is 1.50 bits per heavy atom. The summed E-state index contributed by atoms with van der Waals surface area (Å²) in [4.78, 5) is 0. The highest BCUT2D eigenvalue weighted by Crippen LogP contribution is 2.34. The Labute approximate surface area is 152 Å². The van der Waals surface area contributed by atoms with Crippen LogP contribution in [0.2, 0.25) is 10.0 Å². The number of hydrogen-bond donors (Lipinski definition) is 2. The predicted molar refractivity (Wildman–Crippen MR) is 97.9 cm³/mol. The van der Waals surface area contributed by atoms with Gasteiger partial charge < -0.3 is 10.5 Å². The molecule has 1 fully saturated rings. The van der Waals surface area contributed by atoms with E-state index in [2.05, 4.69) is 24.3 Å². The lowest BCUT2D eigenvalue weighted by atomic mass is 9.75. The van der Waals surface area contributed by atoms with E-state index in [-0.39, 0.29) is 23.9 Å². The zero-order valence-corrected chi connectivity index (χ0v) is 15.2. The second kappa shape index (κ2) is 7.14. The number of halogens is 2. The van der Waals surface area contributed by atoms with Crippen molar-refractivity contribution in [3.63, 3.8) is 0 Å². The Hall–Kier alpha value is -1.55. The normalized spacial score (nSPS) is 28.9. The van der Waals surface area contributed by atoms with Gasteiger partial charge in [-0.1, -0.05) is 66.5 Å². The van der Waals surface area contributed by atoms with Gasteiger partial charge in [0.15, 0.2) is 0 Å². The van der Waals surface area contributed by atoms with Crippen LogP contribution in [-0.4, -0.2) is 10.9 Å². The summed E-state index contributed by atoms with van der Waals surface area (Å²) >= 11 is 12.0. The molecule has 1 heterocycles. The number of piperidine rings is 1. The molecule has 0 aliphatic carbocycles. The average molecular weight is 364 g/mol. The SMILES string of the molecule is C[C@@H]1C(=NO)[C@@H](C)[C@H](c2ccc(Cl)cc2)[NH2+][C@@H]1c1ccc(Cl)cc1. The van der Waals surface area contributed by atoms with Crippen LogP contribution in [0, 0.1) is 11.8 Å². The van der Waals surface area contributed by atoms with Crippen molar-refractivity contribution in [2.24, 2.45) is 17.0 Å². The first kappa shape index (κ1) is 17.3. The van der Waals surface area contributed by atoms with Gasteiger partial charge in [0, 0.05) is 21.2 Å². The summed E-state index contributed by atoms with van der Waals surface area (Å²) in [6.45, 7) is 4.22. The number of quaternary nitrogens is 1. The molecule has 0 radical (unpaired) electrons. The fourth-order valence-corrected chi connectivity index (χ4v) is 3.94. The van der Waals surface area contributed by atoms with Gasteiger partial charge in [-0.25, -0.2) is 0 Å². The summed E-state index contributed by atoms with van der Waals surface area (Å²) in [5.74, 6) is 0.268. The van der Waals surface area contributed by atoms with E-state index in [0.29, 0.717) is 0 Å². The number of nitrogens with zero attached hydrogens (tertiary/aromatic N) is 1. The first-order valence-corrected chi connectivity index (χ1v) is 8.84. The summed E-state index contributed by atoms with van der Waals surface area (Å²) in [6, 6.07) is 16.1. The van der Waals surface area contributed by atoms with Gasteiger partial charge in [0.1, 0.15) is 12.1 Å². The Morgan fingerprint density at radius 2 is 1.17 bits per heavy atom. The van der Waals surface area contributed by atoms with Crippen molar-refractivity contribution < 1.29 is 10.5 Å². The maximum Gasteiger partial charge on any atom is 0.120 e. The Bertz CT molecular complexity index is 669.